The van der Waals surface area contributed by atoms with E-state index in [1.807, 2.05) is 0 Å². The Bertz CT molecular complexity index is 291. The Labute approximate surface area is 96.4 Å². The van der Waals surface area contributed by atoms with Crippen molar-refractivity contribution in [2.75, 3.05) is 18.1 Å². The summed E-state index contributed by atoms with van der Waals surface area (Å²) < 4.78 is 0. The molecule has 0 aromatic heterocycles. The van der Waals surface area contributed by atoms with E-state index in [2.05, 4.69) is 42.1 Å². The maximum Gasteiger partial charge on any atom is 0.000447 e. The summed E-state index contributed by atoms with van der Waals surface area (Å²) in [5, 5.41) is 0. The van der Waals surface area contributed by atoms with Gasteiger partial charge in [0.2, 0.25) is 0 Å². The van der Waals surface area contributed by atoms with Crippen LogP contribution < -0.4 is 5.73 Å². The second-order valence-electron chi connectivity index (χ2n) is 4.52. The van der Waals surface area contributed by atoms with Crippen molar-refractivity contribution < 1.29 is 0 Å². The maximum atomic E-state index is 5.97. The molecule has 15 heavy (non-hydrogen) atoms. The van der Waals surface area contributed by atoms with Gasteiger partial charge in [-0.25, -0.2) is 0 Å². The van der Waals surface area contributed by atoms with Crippen LogP contribution in [-0.2, 0) is 6.42 Å². The van der Waals surface area contributed by atoms with Gasteiger partial charge in [0.1, 0.15) is 0 Å². The van der Waals surface area contributed by atoms with Crippen LogP contribution in [-0.4, -0.2) is 18.1 Å². The molecule has 1 nitrogen and oxygen atoms in total. The second-order valence-corrected chi connectivity index (χ2v) is 5.63. The van der Waals surface area contributed by atoms with E-state index in [0.717, 1.165) is 13.0 Å². The van der Waals surface area contributed by atoms with E-state index in [4.69, 9.17) is 5.73 Å². The summed E-state index contributed by atoms with van der Waals surface area (Å²) in [5.41, 5.74) is 7.77. The zero-order valence-electron chi connectivity index (χ0n) is 9.11. The fourth-order valence-corrected chi connectivity index (χ4v) is 3.60. The number of thioether (sulfide) groups is 1. The van der Waals surface area contributed by atoms with Gasteiger partial charge in [-0.3, -0.25) is 0 Å². The molecule has 82 valence electrons. The zero-order valence-corrected chi connectivity index (χ0v) is 9.93. The highest BCUT2D eigenvalue weighted by molar-refractivity contribution is 7.99. The molecule has 1 aliphatic heterocycles. The minimum atomic E-state index is 0.365. The molecule has 0 radical (unpaired) electrons. The summed E-state index contributed by atoms with van der Waals surface area (Å²) in [5.74, 6) is 2.55. The largest absolute Gasteiger partial charge is 0.330 e. The monoisotopic (exact) mass is 221 g/mol. The van der Waals surface area contributed by atoms with Crippen molar-refractivity contribution in [1.29, 1.82) is 0 Å². The van der Waals surface area contributed by atoms with Crippen LogP contribution in [0.1, 0.15) is 18.4 Å². The minimum absolute atomic E-state index is 0.365. The van der Waals surface area contributed by atoms with Crippen LogP contribution >= 0.6 is 11.8 Å². The van der Waals surface area contributed by atoms with E-state index in [0.29, 0.717) is 5.41 Å². The Kier molecular flexibility index (Phi) is 3.71. The number of rotatable bonds is 3. The fourth-order valence-electron chi connectivity index (χ4n) is 2.31. The number of nitrogens with two attached hydrogens (primary N) is 1. The summed E-state index contributed by atoms with van der Waals surface area (Å²) in [6, 6.07) is 10.8. The van der Waals surface area contributed by atoms with Crippen LogP contribution in [0, 0.1) is 5.41 Å². The third kappa shape index (κ3) is 2.76. The highest BCUT2D eigenvalue weighted by Gasteiger charge is 2.30. The number of benzene rings is 1. The van der Waals surface area contributed by atoms with Gasteiger partial charge in [0.15, 0.2) is 0 Å². The van der Waals surface area contributed by atoms with Crippen molar-refractivity contribution in [2.24, 2.45) is 11.1 Å². The van der Waals surface area contributed by atoms with Crippen molar-refractivity contribution >= 4 is 11.8 Å². The topological polar surface area (TPSA) is 26.0 Å². The summed E-state index contributed by atoms with van der Waals surface area (Å²) in [4.78, 5) is 0. The molecule has 1 fully saturated rings. The Morgan fingerprint density at radius 2 is 2.07 bits per heavy atom. The molecule has 0 amide bonds. The molecule has 1 saturated heterocycles. The van der Waals surface area contributed by atoms with Gasteiger partial charge in [-0.15, -0.1) is 0 Å². The second kappa shape index (κ2) is 5.04. The van der Waals surface area contributed by atoms with Crippen molar-refractivity contribution in [1.82, 2.24) is 0 Å². The molecule has 1 aromatic carbocycles. The lowest BCUT2D eigenvalue weighted by Gasteiger charge is -2.36. The normalized spacial score (nSPS) is 26.5. The molecule has 0 bridgehead atoms. The van der Waals surface area contributed by atoms with Gasteiger partial charge >= 0.3 is 0 Å². The summed E-state index contributed by atoms with van der Waals surface area (Å²) in [7, 11) is 0. The first-order valence-electron chi connectivity index (χ1n) is 5.66. The molecule has 1 atom stereocenters. The van der Waals surface area contributed by atoms with Crippen LogP contribution in [0.25, 0.3) is 0 Å². The number of hydrogen-bond acceptors (Lipinski definition) is 2. The first-order chi connectivity index (χ1) is 7.35. The van der Waals surface area contributed by atoms with Crippen LogP contribution in [0.15, 0.2) is 30.3 Å². The Morgan fingerprint density at radius 3 is 2.67 bits per heavy atom. The summed E-state index contributed by atoms with van der Waals surface area (Å²) >= 11 is 2.07. The van der Waals surface area contributed by atoms with Crippen molar-refractivity contribution in [3.63, 3.8) is 0 Å². The van der Waals surface area contributed by atoms with Crippen molar-refractivity contribution in [3.8, 4) is 0 Å². The highest BCUT2D eigenvalue weighted by atomic mass is 32.2. The quantitative estimate of drug-likeness (QED) is 0.849. The fraction of sp³-hybridized carbons (Fsp3) is 0.538. The van der Waals surface area contributed by atoms with E-state index in [9.17, 15) is 0 Å². The first-order valence-corrected chi connectivity index (χ1v) is 6.82. The predicted molar refractivity (Wildman–Crippen MR) is 68.2 cm³/mol. The average molecular weight is 221 g/mol. The SMILES string of the molecule is NCC1(Cc2ccccc2)CCCSC1. The van der Waals surface area contributed by atoms with Crippen molar-refractivity contribution in [3.05, 3.63) is 35.9 Å². The van der Waals surface area contributed by atoms with Crippen LogP contribution in [0.5, 0.6) is 0 Å². The van der Waals surface area contributed by atoms with Gasteiger partial charge in [-0.1, -0.05) is 30.3 Å². The molecular formula is C13H19NS. The summed E-state index contributed by atoms with van der Waals surface area (Å²) in [6.45, 7) is 0.828. The molecule has 0 aliphatic carbocycles. The highest BCUT2D eigenvalue weighted by Crippen LogP contribution is 2.36. The predicted octanol–water partition coefficient (Wildman–Crippen LogP) is 2.70. The first kappa shape index (κ1) is 11.0. The molecule has 2 rings (SSSR count). The molecule has 1 unspecified atom stereocenters. The van der Waals surface area contributed by atoms with Gasteiger partial charge in [0.05, 0.1) is 0 Å². The lowest BCUT2D eigenvalue weighted by Crippen LogP contribution is -2.37. The van der Waals surface area contributed by atoms with E-state index in [1.165, 1.54) is 29.9 Å². The van der Waals surface area contributed by atoms with Crippen LogP contribution in [0.2, 0.25) is 0 Å². The number of hydrogen-bond donors (Lipinski definition) is 1. The average Bonchev–Trinajstić information content (AvgIpc) is 2.32. The maximum absolute atomic E-state index is 5.97. The molecule has 1 aromatic rings. The minimum Gasteiger partial charge on any atom is -0.330 e. The van der Waals surface area contributed by atoms with Crippen LogP contribution in [0.4, 0.5) is 0 Å². The Hall–Kier alpha value is -0.470. The lowest BCUT2D eigenvalue weighted by molar-refractivity contribution is 0.304. The lowest BCUT2D eigenvalue weighted by atomic mass is 9.79. The molecule has 0 spiro atoms. The van der Waals surface area contributed by atoms with Gasteiger partial charge in [0, 0.05) is 5.75 Å². The van der Waals surface area contributed by atoms with E-state index < -0.39 is 0 Å². The van der Waals surface area contributed by atoms with E-state index >= 15 is 0 Å². The van der Waals surface area contributed by atoms with E-state index in [1.54, 1.807) is 0 Å². The molecule has 1 heterocycles. The molecule has 1 aliphatic rings. The Morgan fingerprint density at radius 1 is 1.27 bits per heavy atom. The van der Waals surface area contributed by atoms with Crippen LogP contribution in [0.3, 0.4) is 0 Å². The Balaban J connectivity index is 2.07. The molecule has 2 heteroatoms. The van der Waals surface area contributed by atoms with Gasteiger partial charge in [-0.2, -0.15) is 11.8 Å². The van der Waals surface area contributed by atoms with Gasteiger partial charge in [0.25, 0.3) is 0 Å². The summed E-state index contributed by atoms with van der Waals surface area (Å²) in [6.07, 6.45) is 3.78. The molecule has 0 saturated carbocycles. The third-order valence-electron chi connectivity index (χ3n) is 3.26. The third-order valence-corrected chi connectivity index (χ3v) is 4.65. The zero-order chi connectivity index (χ0) is 10.6. The van der Waals surface area contributed by atoms with Crippen molar-refractivity contribution in [2.45, 2.75) is 19.3 Å². The molecule has 2 N–H and O–H groups in total. The standard InChI is InChI=1S/C13H19NS/c14-10-13(7-4-8-15-11-13)9-12-5-2-1-3-6-12/h1-3,5-6H,4,7-11,14H2. The molecular weight excluding hydrogens is 202 g/mol. The van der Waals surface area contributed by atoms with Gasteiger partial charge in [-0.05, 0) is 42.5 Å². The smallest absolute Gasteiger partial charge is 0.000447 e. The van der Waals surface area contributed by atoms with Gasteiger partial charge < -0.3 is 5.73 Å². The van der Waals surface area contributed by atoms with E-state index in [-0.39, 0.29) is 0 Å².